The lowest BCUT2D eigenvalue weighted by molar-refractivity contribution is 0.390. The summed E-state index contributed by atoms with van der Waals surface area (Å²) in [6.07, 6.45) is 5.53. The number of rotatable bonds is 2. The summed E-state index contributed by atoms with van der Waals surface area (Å²) in [7, 11) is 1.67. The summed E-state index contributed by atoms with van der Waals surface area (Å²) in [5.41, 5.74) is 6.45. The fourth-order valence-corrected chi connectivity index (χ4v) is 3.56. The first-order valence-corrected chi connectivity index (χ1v) is 7.88. The van der Waals surface area contributed by atoms with E-state index in [9.17, 15) is 0 Å². The van der Waals surface area contributed by atoms with Crippen LogP contribution in [0.2, 0.25) is 0 Å². The summed E-state index contributed by atoms with van der Waals surface area (Å²) in [6, 6.07) is 17.3. The first kappa shape index (κ1) is 13.9. The minimum absolute atomic E-state index is 0.112. The van der Waals surface area contributed by atoms with Crippen LogP contribution in [-0.2, 0) is 12.8 Å². The van der Waals surface area contributed by atoms with Gasteiger partial charge in [0.15, 0.2) is 0 Å². The molecule has 114 valence electrons. The Bertz CT molecular complexity index is 797. The van der Waals surface area contributed by atoms with Crippen LogP contribution in [-0.4, -0.2) is 17.1 Å². The zero-order chi connectivity index (χ0) is 15.6. The maximum absolute atomic E-state index is 5.52. The van der Waals surface area contributed by atoms with Crippen molar-refractivity contribution in [1.29, 1.82) is 0 Å². The number of hydrogen-bond acceptors (Lipinski definition) is 3. The molecule has 1 aliphatic carbocycles. The molecule has 0 saturated heterocycles. The molecule has 4 rings (SSSR count). The number of aromatic nitrogens is 2. The molecule has 3 aromatic rings. The molecule has 1 aliphatic rings. The minimum Gasteiger partial charge on any atom is -0.481 e. The molecule has 1 heterocycles. The van der Waals surface area contributed by atoms with Crippen LogP contribution in [0.15, 0.2) is 61.1 Å². The predicted molar refractivity (Wildman–Crippen MR) is 89.8 cm³/mol. The van der Waals surface area contributed by atoms with Crippen LogP contribution in [0, 0.1) is 0 Å². The van der Waals surface area contributed by atoms with Crippen molar-refractivity contribution in [1.82, 2.24) is 9.97 Å². The lowest BCUT2D eigenvalue weighted by atomic mass is 9.83. The molecule has 0 bridgehead atoms. The summed E-state index contributed by atoms with van der Waals surface area (Å²) in [6.45, 7) is 0. The summed E-state index contributed by atoms with van der Waals surface area (Å²) in [5, 5.41) is 0. The fraction of sp³-hybridized carbons (Fsp3) is 0.200. The van der Waals surface area contributed by atoms with Crippen molar-refractivity contribution < 1.29 is 4.74 Å². The standard InChI is InChI=1S/C20H18N2O/c1-23-20-18(12-21-13-22-20)19-16-8-4-2-6-14(16)10-11-15-7-3-5-9-17(15)19/h2-9,12-13,19H,10-11H2,1H3. The van der Waals surface area contributed by atoms with Gasteiger partial charge in [-0.05, 0) is 35.1 Å². The van der Waals surface area contributed by atoms with Crippen molar-refractivity contribution in [2.45, 2.75) is 18.8 Å². The van der Waals surface area contributed by atoms with E-state index in [0.717, 1.165) is 18.4 Å². The lowest BCUT2D eigenvalue weighted by Crippen LogP contribution is -2.09. The van der Waals surface area contributed by atoms with E-state index in [1.807, 2.05) is 6.20 Å². The number of methoxy groups -OCH3 is 1. The van der Waals surface area contributed by atoms with Crippen LogP contribution in [0.3, 0.4) is 0 Å². The molecule has 0 N–H and O–H groups in total. The number of benzene rings is 2. The highest BCUT2D eigenvalue weighted by Crippen LogP contribution is 2.41. The molecule has 0 amide bonds. The smallest absolute Gasteiger partial charge is 0.220 e. The Labute approximate surface area is 136 Å². The molecule has 0 radical (unpaired) electrons. The van der Waals surface area contributed by atoms with Gasteiger partial charge in [-0.25, -0.2) is 9.97 Å². The number of hydrogen-bond donors (Lipinski definition) is 0. The van der Waals surface area contributed by atoms with E-state index in [1.165, 1.54) is 28.6 Å². The molecule has 0 fully saturated rings. The van der Waals surface area contributed by atoms with Gasteiger partial charge in [0.1, 0.15) is 6.33 Å². The number of fused-ring (bicyclic) bond motifs is 2. The van der Waals surface area contributed by atoms with Crippen LogP contribution in [0.4, 0.5) is 0 Å². The van der Waals surface area contributed by atoms with Gasteiger partial charge in [-0.1, -0.05) is 48.5 Å². The highest BCUT2D eigenvalue weighted by molar-refractivity contribution is 5.52. The van der Waals surface area contributed by atoms with Gasteiger partial charge in [0.2, 0.25) is 5.88 Å². The Morgan fingerprint density at radius 3 is 2.09 bits per heavy atom. The third-order valence-electron chi connectivity index (χ3n) is 4.60. The average molecular weight is 302 g/mol. The van der Waals surface area contributed by atoms with Gasteiger partial charge < -0.3 is 4.74 Å². The third kappa shape index (κ3) is 2.38. The van der Waals surface area contributed by atoms with E-state index in [0.29, 0.717) is 5.88 Å². The summed E-state index contributed by atoms with van der Waals surface area (Å²) in [4.78, 5) is 8.57. The molecule has 0 saturated carbocycles. The van der Waals surface area contributed by atoms with Gasteiger partial charge in [0.05, 0.1) is 7.11 Å². The van der Waals surface area contributed by atoms with Crippen molar-refractivity contribution in [3.63, 3.8) is 0 Å². The van der Waals surface area contributed by atoms with Crippen molar-refractivity contribution in [2.24, 2.45) is 0 Å². The zero-order valence-electron chi connectivity index (χ0n) is 13.1. The van der Waals surface area contributed by atoms with E-state index in [1.54, 1.807) is 7.11 Å². The summed E-state index contributed by atoms with van der Waals surface area (Å²) >= 11 is 0. The summed E-state index contributed by atoms with van der Waals surface area (Å²) < 4.78 is 5.52. The van der Waals surface area contributed by atoms with E-state index in [-0.39, 0.29) is 5.92 Å². The minimum atomic E-state index is 0.112. The Morgan fingerprint density at radius 2 is 1.48 bits per heavy atom. The first-order valence-electron chi connectivity index (χ1n) is 7.88. The number of aryl methyl sites for hydroxylation is 2. The predicted octanol–water partition coefficient (Wildman–Crippen LogP) is 3.76. The molecule has 0 spiro atoms. The summed E-state index contributed by atoms with van der Waals surface area (Å²) in [5.74, 6) is 0.762. The highest BCUT2D eigenvalue weighted by atomic mass is 16.5. The topological polar surface area (TPSA) is 35.0 Å². The zero-order valence-corrected chi connectivity index (χ0v) is 13.1. The molecular weight excluding hydrogens is 284 g/mol. The first-order chi connectivity index (χ1) is 11.4. The quantitative estimate of drug-likeness (QED) is 0.723. The van der Waals surface area contributed by atoms with Gasteiger partial charge >= 0.3 is 0 Å². The van der Waals surface area contributed by atoms with Gasteiger partial charge in [-0.2, -0.15) is 0 Å². The molecular formula is C20H18N2O. The third-order valence-corrected chi connectivity index (χ3v) is 4.60. The second-order valence-corrected chi connectivity index (χ2v) is 5.82. The molecule has 23 heavy (non-hydrogen) atoms. The molecule has 3 nitrogen and oxygen atoms in total. The van der Waals surface area contributed by atoms with Crippen molar-refractivity contribution in [2.75, 3.05) is 7.11 Å². The Balaban J connectivity index is 2.00. The average Bonchev–Trinajstić information content (AvgIpc) is 2.78. The van der Waals surface area contributed by atoms with Crippen molar-refractivity contribution >= 4 is 0 Å². The maximum atomic E-state index is 5.52. The second-order valence-electron chi connectivity index (χ2n) is 5.82. The molecule has 0 unspecified atom stereocenters. The molecule has 0 atom stereocenters. The highest BCUT2D eigenvalue weighted by Gasteiger charge is 2.27. The monoisotopic (exact) mass is 302 g/mol. The lowest BCUT2D eigenvalue weighted by Gasteiger charge is -2.21. The second kappa shape index (κ2) is 5.84. The van der Waals surface area contributed by atoms with Gasteiger partial charge in [-0.15, -0.1) is 0 Å². The normalized spacial score (nSPS) is 13.8. The van der Waals surface area contributed by atoms with Crippen LogP contribution in [0.25, 0.3) is 0 Å². The Kier molecular flexibility index (Phi) is 3.54. The SMILES string of the molecule is COc1ncncc1C1c2ccccc2CCc2ccccc21. The molecule has 2 aromatic carbocycles. The molecule has 0 aliphatic heterocycles. The van der Waals surface area contributed by atoms with Crippen molar-refractivity contribution in [3.05, 3.63) is 88.9 Å². The molecule has 1 aromatic heterocycles. The van der Waals surface area contributed by atoms with E-state index >= 15 is 0 Å². The number of ether oxygens (including phenoxy) is 1. The van der Waals surface area contributed by atoms with Crippen LogP contribution in [0.1, 0.15) is 33.7 Å². The Hall–Kier alpha value is -2.68. The van der Waals surface area contributed by atoms with Crippen LogP contribution < -0.4 is 4.74 Å². The van der Waals surface area contributed by atoms with Gasteiger partial charge in [-0.3, -0.25) is 0 Å². The maximum Gasteiger partial charge on any atom is 0.220 e. The van der Waals surface area contributed by atoms with Gasteiger partial charge in [0, 0.05) is 17.7 Å². The van der Waals surface area contributed by atoms with E-state index in [2.05, 4.69) is 58.5 Å². The molecule has 3 heteroatoms. The van der Waals surface area contributed by atoms with Crippen LogP contribution in [0.5, 0.6) is 5.88 Å². The van der Waals surface area contributed by atoms with Crippen molar-refractivity contribution in [3.8, 4) is 5.88 Å². The van der Waals surface area contributed by atoms with E-state index in [4.69, 9.17) is 4.74 Å². The van der Waals surface area contributed by atoms with Crippen LogP contribution >= 0.6 is 0 Å². The largest absolute Gasteiger partial charge is 0.481 e. The number of nitrogens with zero attached hydrogens (tertiary/aromatic N) is 2. The fourth-order valence-electron chi connectivity index (χ4n) is 3.56. The Morgan fingerprint density at radius 1 is 0.870 bits per heavy atom. The van der Waals surface area contributed by atoms with E-state index < -0.39 is 0 Å². The van der Waals surface area contributed by atoms with Gasteiger partial charge in [0.25, 0.3) is 0 Å².